The van der Waals surface area contributed by atoms with Crippen LogP contribution in [0.4, 0.5) is 0 Å². The van der Waals surface area contributed by atoms with Crippen LogP contribution < -0.4 is 24.2 Å². The molecule has 0 radical (unpaired) electrons. The molecule has 9 heteroatoms. The molecule has 32 heavy (non-hydrogen) atoms. The Morgan fingerprint density at radius 3 is 2.59 bits per heavy atom. The first-order valence-electron chi connectivity index (χ1n) is 10.0. The van der Waals surface area contributed by atoms with E-state index in [4.69, 9.17) is 9.47 Å². The molecular formula is C23H22N4O4S. The second-order valence-corrected chi connectivity index (χ2v) is 9.43. The molecule has 0 saturated carbocycles. The average Bonchev–Trinajstić information content (AvgIpc) is 3.30. The number of benzene rings is 1. The molecular weight excluding hydrogens is 428 g/mol. The first-order valence-corrected chi connectivity index (χ1v) is 10.8. The summed E-state index contributed by atoms with van der Waals surface area (Å²) in [4.78, 5) is 26.5. The van der Waals surface area contributed by atoms with Gasteiger partial charge in [-0.05, 0) is 18.2 Å². The average molecular weight is 451 g/mol. The molecule has 2 aromatic heterocycles. The van der Waals surface area contributed by atoms with Gasteiger partial charge in [0.05, 0.1) is 16.4 Å². The number of Topliss-reactive ketones (excluding diaryl/α,β-unsaturated/α-hetero) is 1. The van der Waals surface area contributed by atoms with Crippen molar-refractivity contribution in [2.45, 2.75) is 20.8 Å². The Morgan fingerprint density at radius 1 is 1.25 bits per heavy atom. The first-order chi connectivity index (χ1) is 15.2. The van der Waals surface area contributed by atoms with E-state index in [0.717, 1.165) is 16.9 Å². The number of ketones is 1. The maximum absolute atomic E-state index is 13.5. The maximum Gasteiger partial charge on any atom is 0.273 e. The molecule has 3 heterocycles. The molecule has 1 aliphatic rings. The largest absolute Gasteiger partial charge is 0.486 e. The van der Waals surface area contributed by atoms with Crippen LogP contribution in [-0.2, 0) is 11.8 Å². The van der Waals surface area contributed by atoms with Crippen molar-refractivity contribution in [2.24, 2.45) is 12.5 Å². The van der Waals surface area contributed by atoms with Gasteiger partial charge in [-0.3, -0.25) is 18.8 Å². The third-order valence-corrected chi connectivity index (χ3v) is 5.96. The van der Waals surface area contributed by atoms with Crippen LogP contribution in [0.5, 0.6) is 11.5 Å². The number of carbonyl (C=O) groups is 1. The number of fused-ring (bicyclic) bond motifs is 1. The molecule has 0 saturated heterocycles. The minimum atomic E-state index is -0.782. The van der Waals surface area contributed by atoms with Gasteiger partial charge in [0.1, 0.15) is 29.5 Å². The van der Waals surface area contributed by atoms with Crippen LogP contribution in [0.2, 0.25) is 0 Å². The topological polar surface area (TPSA) is 99.1 Å². The molecule has 0 unspecified atom stereocenters. The van der Waals surface area contributed by atoms with Gasteiger partial charge >= 0.3 is 0 Å². The van der Waals surface area contributed by atoms with Gasteiger partial charge in [-0.1, -0.05) is 20.8 Å². The van der Waals surface area contributed by atoms with Crippen LogP contribution in [0.25, 0.3) is 17.3 Å². The molecule has 3 aromatic rings. The zero-order chi connectivity index (χ0) is 23.0. The van der Waals surface area contributed by atoms with Crippen LogP contribution in [0.3, 0.4) is 0 Å². The quantitative estimate of drug-likeness (QED) is 0.600. The van der Waals surface area contributed by atoms with Crippen LogP contribution in [0, 0.1) is 16.7 Å². The highest BCUT2D eigenvalue weighted by Gasteiger charge is 2.28. The highest BCUT2D eigenvalue weighted by Crippen LogP contribution is 2.31. The zero-order valence-corrected chi connectivity index (χ0v) is 19.0. The van der Waals surface area contributed by atoms with Crippen molar-refractivity contribution in [3.8, 4) is 23.3 Å². The first kappa shape index (κ1) is 21.6. The fourth-order valence-electron chi connectivity index (χ4n) is 3.29. The second kappa shape index (κ2) is 8.13. The summed E-state index contributed by atoms with van der Waals surface area (Å²) in [5.74, 6) is 0.763. The van der Waals surface area contributed by atoms with Gasteiger partial charge in [0, 0.05) is 30.3 Å². The lowest BCUT2D eigenvalue weighted by atomic mass is 9.87. The molecule has 1 aromatic carbocycles. The van der Waals surface area contributed by atoms with Gasteiger partial charge in [0.15, 0.2) is 17.3 Å². The predicted octanol–water partition coefficient (Wildman–Crippen LogP) is 1.52. The van der Waals surface area contributed by atoms with Crippen molar-refractivity contribution >= 4 is 28.8 Å². The highest BCUT2D eigenvalue weighted by molar-refractivity contribution is 7.07. The molecule has 0 atom stereocenters. The number of thiazole rings is 1. The van der Waals surface area contributed by atoms with E-state index in [-0.39, 0.29) is 21.6 Å². The SMILES string of the molecule is Cn1cc(C=c2sc(=C(C#N)C(=O)C(C)(C)C)n(-c3ccc4c(c3)OCCO4)c2=O)cn1. The van der Waals surface area contributed by atoms with Crippen LogP contribution >= 0.6 is 11.3 Å². The van der Waals surface area contributed by atoms with Crippen molar-refractivity contribution in [1.29, 1.82) is 5.26 Å². The Morgan fingerprint density at radius 2 is 1.97 bits per heavy atom. The fraction of sp³-hybridized carbons (Fsp3) is 0.304. The zero-order valence-electron chi connectivity index (χ0n) is 18.2. The minimum absolute atomic E-state index is 0.0553. The van der Waals surface area contributed by atoms with Crippen molar-refractivity contribution in [1.82, 2.24) is 14.3 Å². The standard InChI is InChI=1S/C23H22N4O4S/c1-23(2,3)20(28)16(11-24)22-27(15-5-6-17-18(10-15)31-8-7-30-17)21(29)19(32-22)9-14-12-25-26(4)13-14/h5-6,9-10,12-13H,7-8H2,1-4H3. The lowest BCUT2D eigenvalue weighted by molar-refractivity contribution is -0.120. The van der Waals surface area contributed by atoms with Crippen LogP contribution in [-0.4, -0.2) is 33.3 Å². The molecule has 4 rings (SSSR count). The van der Waals surface area contributed by atoms with E-state index < -0.39 is 5.41 Å². The third kappa shape index (κ3) is 3.97. The normalized spacial score (nSPS) is 14.8. The van der Waals surface area contributed by atoms with E-state index in [1.165, 1.54) is 4.57 Å². The Bertz CT molecular complexity index is 1430. The Kier molecular flexibility index (Phi) is 5.48. The number of aryl methyl sites for hydroxylation is 1. The smallest absolute Gasteiger partial charge is 0.273 e. The van der Waals surface area contributed by atoms with Gasteiger partial charge in [0.25, 0.3) is 5.56 Å². The summed E-state index contributed by atoms with van der Waals surface area (Å²) in [5, 5.41) is 14.0. The number of hydrogen-bond donors (Lipinski definition) is 0. The molecule has 0 N–H and O–H groups in total. The Balaban J connectivity index is 2.05. The van der Waals surface area contributed by atoms with Gasteiger partial charge in [-0.15, -0.1) is 11.3 Å². The molecule has 0 amide bonds. The van der Waals surface area contributed by atoms with E-state index in [1.807, 2.05) is 6.07 Å². The van der Waals surface area contributed by atoms with E-state index in [0.29, 0.717) is 34.9 Å². The van der Waals surface area contributed by atoms with Crippen LogP contribution in [0.15, 0.2) is 35.4 Å². The third-order valence-electron chi connectivity index (χ3n) is 4.86. The summed E-state index contributed by atoms with van der Waals surface area (Å²) in [6.07, 6.45) is 5.12. The van der Waals surface area contributed by atoms with Gasteiger partial charge < -0.3 is 9.47 Å². The van der Waals surface area contributed by atoms with Gasteiger partial charge in [0.2, 0.25) is 0 Å². The molecule has 1 aliphatic heterocycles. The predicted molar refractivity (Wildman–Crippen MR) is 120 cm³/mol. The van der Waals surface area contributed by atoms with Crippen LogP contribution in [0.1, 0.15) is 26.3 Å². The molecule has 8 nitrogen and oxygen atoms in total. The molecule has 0 bridgehead atoms. The molecule has 0 fully saturated rings. The fourth-order valence-corrected chi connectivity index (χ4v) is 4.39. The summed E-state index contributed by atoms with van der Waals surface area (Å²) in [5.41, 5.74) is 0.0640. The summed E-state index contributed by atoms with van der Waals surface area (Å²) >= 11 is 1.11. The van der Waals surface area contributed by atoms with E-state index in [9.17, 15) is 14.9 Å². The Hall–Kier alpha value is -3.64. The number of nitrogens with zero attached hydrogens (tertiary/aromatic N) is 4. The van der Waals surface area contributed by atoms with Crippen molar-refractivity contribution in [3.63, 3.8) is 0 Å². The molecule has 0 spiro atoms. The Labute approximate surface area is 188 Å². The number of nitriles is 1. The second-order valence-electron chi connectivity index (χ2n) is 8.40. The van der Waals surface area contributed by atoms with Crippen molar-refractivity contribution < 1.29 is 14.3 Å². The van der Waals surface area contributed by atoms with Gasteiger partial charge in [-0.25, -0.2) is 0 Å². The number of ether oxygens (including phenoxy) is 2. The minimum Gasteiger partial charge on any atom is -0.486 e. The lowest BCUT2D eigenvalue weighted by Gasteiger charge is -2.19. The number of rotatable bonds is 3. The summed E-state index contributed by atoms with van der Waals surface area (Å²) in [6.45, 7) is 6.09. The van der Waals surface area contributed by atoms with Crippen molar-refractivity contribution in [2.75, 3.05) is 13.2 Å². The summed E-state index contributed by atoms with van der Waals surface area (Å²) in [7, 11) is 1.79. The maximum atomic E-state index is 13.5. The van der Waals surface area contributed by atoms with E-state index >= 15 is 0 Å². The lowest BCUT2D eigenvalue weighted by Crippen LogP contribution is -2.33. The highest BCUT2D eigenvalue weighted by atomic mass is 32.1. The summed E-state index contributed by atoms with van der Waals surface area (Å²) < 4.78 is 14.9. The molecule has 164 valence electrons. The molecule has 0 aliphatic carbocycles. The monoisotopic (exact) mass is 450 g/mol. The number of carbonyl (C=O) groups excluding carboxylic acids is 1. The number of hydrogen-bond acceptors (Lipinski definition) is 7. The number of aromatic nitrogens is 3. The van der Waals surface area contributed by atoms with Gasteiger partial charge in [-0.2, -0.15) is 10.4 Å². The summed E-state index contributed by atoms with van der Waals surface area (Å²) in [6, 6.07) is 7.17. The van der Waals surface area contributed by atoms with E-state index in [2.05, 4.69) is 5.10 Å². The van der Waals surface area contributed by atoms with E-state index in [1.54, 1.807) is 69.2 Å². The van der Waals surface area contributed by atoms with Crippen molar-refractivity contribution in [3.05, 3.63) is 55.7 Å².